The van der Waals surface area contributed by atoms with E-state index in [4.69, 9.17) is 4.74 Å². The highest BCUT2D eigenvalue weighted by Crippen LogP contribution is 2.30. The van der Waals surface area contributed by atoms with Gasteiger partial charge in [0.2, 0.25) is 0 Å². The SMILES string of the molecule is COc1ccc(-c2[nH]ncc2C=C(C#N)c2nc(-c3ccncc3)cs2)cc1. The summed E-state index contributed by atoms with van der Waals surface area (Å²) < 4.78 is 5.20. The van der Waals surface area contributed by atoms with Gasteiger partial charge in [0.05, 0.1) is 30.3 Å². The minimum absolute atomic E-state index is 0.487. The number of hydrogen-bond acceptors (Lipinski definition) is 6. The van der Waals surface area contributed by atoms with Crippen molar-refractivity contribution in [1.29, 1.82) is 5.26 Å². The number of methoxy groups -OCH3 is 1. The van der Waals surface area contributed by atoms with Crippen LogP contribution >= 0.6 is 11.3 Å². The van der Waals surface area contributed by atoms with Gasteiger partial charge in [0.25, 0.3) is 0 Å². The van der Waals surface area contributed by atoms with Gasteiger partial charge in [-0.15, -0.1) is 11.3 Å². The number of benzene rings is 1. The van der Waals surface area contributed by atoms with Crippen molar-refractivity contribution in [2.24, 2.45) is 0 Å². The van der Waals surface area contributed by atoms with Gasteiger partial charge < -0.3 is 4.74 Å². The van der Waals surface area contributed by atoms with Crippen LogP contribution in [0.25, 0.3) is 34.2 Å². The molecule has 1 aromatic carbocycles. The first-order chi connectivity index (χ1) is 13.8. The summed E-state index contributed by atoms with van der Waals surface area (Å²) in [5, 5.41) is 19.4. The van der Waals surface area contributed by atoms with E-state index < -0.39 is 0 Å². The molecule has 0 spiro atoms. The number of nitrogens with one attached hydrogen (secondary N) is 1. The standard InChI is InChI=1S/C21H15N5OS/c1-27-18-4-2-15(3-5-18)20-17(12-24-26-20)10-16(11-22)21-25-19(13-28-21)14-6-8-23-9-7-14/h2-10,12-13H,1H3,(H,24,26). The first kappa shape index (κ1) is 17.6. The normalized spacial score (nSPS) is 11.2. The molecule has 0 unspecified atom stereocenters. The largest absolute Gasteiger partial charge is 0.497 e. The zero-order valence-corrected chi connectivity index (χ0v) is 15.8. The molecule has 0 atom stereocenters. The third-order valence-electron chi connectivity index (χ3n) is 4.18. The zero-order valence-electron chi connectivity index (χ0n) is 15.0. The molecule has 0 amide bonds. The highest BCUT2D eigenvalue weighted by atomic mass is 32.1. The Bertz CT molecular complexity index is 1150. The summed E-state index contributed by atoms with van der Waals surface area (Å²) in [5.74, 6) is 0.782. The van der Waals surface area contributed by atoms with Crippen molar-refractivity contribution in [3.05, 3.63) is 70.9 Å². The molecule has 3 heterocycles. The van der Waals surface area contributed by atoms with Gasteiger partial charge in [0, 0.05) is 34.5 Å². The fourth-order valence-electron chi connectivity index (χ4n) is 2.74. The molecule has 6 nitrogen and oxygen atoms in total. The van der Waals surface area contributed by atoms with E-state index >= 15 is 0 Å². The van der Waals surface area contributed by atoms with E-state index in [-0.39, 0.29) is 0 Å². The van der Waals surface area contributed by atoms with Crippen molar-refractivity contribution in [2.45, 2.75) is 0 Å². The number of nitrogens with zero attached hydrogens (tertiary/aromatic N) is 4. The summed E-state index contributed by atoms with van der Waals surface area (Å²) in [5.41, 5.74) is 4.90. The molecular weight excluding hydrogens is 370 g/mol. The van der Waals surface area contributed by atoms with E-state index in [1.54, 1.807) is 31.8 Å². The van der Waals surface area contributed by atoms with E-state index in [0.29, 0.717) is 10.6 Å². The second-order valence-corrected chi connectivity index (χ2v) is 6.73. The summed E-state index contributed by atoms with van der Waals surface area (Å²) in [4.78, 5) is 8.63. The first-order valence-electron chi connectivity index (χ1n) is 8.44. The Balaban J connectivity index is 1.68. The van der Waals surface area contributed by atoms with Crippen LogP contribution < -0.4 is 4.74 Å². The van der Waals surface area contributed by atoms with Gasteiger partial charge >= 0.3 is 0 Å². The highest BCUT2D eigenvalue weighted by Gasteiger charge is 2.12. The Morgan fingerprint density at radius 2 is 1.93 bits per heavy atom. The molecule has 0 aliphatic rings. The maximum atomic E-state index is 9.68. The van der Waals surface area contributed by atoms with Crippen LogP contribution in [0.5, 0.6) is 5.75 Å². The van der Waals surface area contributed by atoms with Crippen molar-refractivity contribution >= 4 is 23.0 Å². The lowest BCUT2D eigenvalue weighted by Gasteiger charge is -2.03. The molecular formula is C21H15N5OS. The molecule has 0 saturated heterocycles. The van der Waals surface area contributed by atoms with Gasteiger partial charge in [-0.3, -0.25) is 10.1 Å². The number of thiazole rings is 1. The Kier molecular flexibility index (Phi) is 4.95. The second-order valence-electron chi connectivity index (χ2n) is 5.87. The maximum Gasteiger partial charge on any atom is 0.134 e. The topological polar surface area (TPSA) is 87.5 Å². The fraction of sp³-hybridized carbons (Fsp3) is 0.0476. The predicted molar refractivity (Wildman–Crippen MR) is 109 cm³/mol. The molecule has 0 bridgehead atoms. The predicted octanol–water partition coefficient (Wildman–Crippen LogP) is 4.67. The molecule has 136 valence electrons. The molecule has 0 fully saturated rings. The number of aromatic nitrogens is 4. The monoisotopic (exact) mass is 385 g/mol. The van der Waals surface area contributed by atoms with E-state index in [9.17, 15) is 5.26 Å². The van der Waals surface area contributed by atoms with Gasteiger partial charge in [-0.2, -0.15) is 10.4 Å². The fourth-order valence-corrected chi connectivity index (χ4v) is 3.54. The van der Waals surface area contributed by atoms with E-state index in [0.717, 1.165) is 33.8 Å². The van der Waals surface area contributed by atoms with Gasteiger partial charge in [0.1, 0.15) is 16.8 Å². The highest BCUT2D eigenvalue weighted by molar-refractivity contribution is 7.11. The summed E-state index contributed by atoms with van der Waals surface area (Å²) in [6.07, 6.45) is 6.95. The summed E-state index contributed by atoms with van der Waals surface area (Å²) in [7, 11) is 1.63. The molecule has 1 N–H and O–H groups in total. The Hall–Kier alpha value is -3.76. The average Bonchev–Trinajstić information content (AvgIpc) is 3.42. The number of H-pyrrole nitrogens is 1. The third kappa shape index (κ3) is 3.54. The van der Waals surface area contributed by atoms with Gasteiger partial charge in [-0.25, -0.2) is 4.98 Å². The van der Waals surface area contributed by atoms with Crippen molar-refractivity contribution < 1.29 is 4.74 Å². The van der Waals surface area contributed by atoms with Crippen molar-refractivity contribution in [3.63, 3.8) is 0 Å². The smallest absolute Gasteiger partial charge is 0.134 e. The molecule has 0 aliphatic carbocycles. The minimum Gasteiger partial charge on any atom is -0.497 e. The lowest BCUT2D eigenvalue weighted by molar-refractivity contribution is 0.415. The quantitative estimate of drug-likeness (QED) is 0.505. The van der Waals surface area contributed by atoms with E-state index in [1.165, 1.54) is 11.3 Å². The van der Waals surface area contributed by atoms with Gasteiger partial charge in [0.15, 0.2) is 0 Å². The summed E-state index contributed by atoms with van der Waals surface area (Å²) in [6, 6.07) is 13.7. The van der Waals surface area contributed by atoms with Crippen LogP contribution in [0.4, 0.5) is 0 Å². The molecule has 3 aromatic heterocycles. The molecule has 0 aliphatic heterocycles. The number of ether oxygens (including phenoxy) is 1. The molecule has 4 aromatic rings. The van der Waals surface area contributed by atoms with E-state index in [1.807, 2.05) is 41.8 Å². The number of aromatic amines is 1. The van der Waals surface area contributed by atoms with Crippen molar-refractivity contribution in [1.82, 2.24) is 20.2 Å². The van der Waals surface area contributed by atoms with E-state index in [2.05, 4.69) is 26.2 Å². The van der Waals surface area contributed by atoms with Crippen LogP contribution in [0, 0.1) is 11.3 Å². The maximum absolute atomic E-state index is 9.68. The zero-order chi connectivity index (χ0) is 19.3. The Morgan fingerprint density at radius 1 is 1.14 bits per heavy atom. The van der Waals surface area contributed by atoms with Crippen LogP contribution in [0.1, 0.15) is 10.6 Å². The Labute approximate surface area is 165 Å². The molecule has 7 heteroatoms. The first-order valence-corrected chi connectivity index (χ1v) is 9.32. The van der Waals surface area contributed by atoms with Gasteiger partial charge in [-0.05, 0) is 42.5 Å². The average molecular weight is 385 g/mol. The van der Waals surface area contributed by atoms with Crippen LogP contribution in [-0.2, 0) is 0 Å². The van der Waals surface area contributed by atoms with Crippen LogP contribution in [0.15, 0.2) is 60.4 Å². The molecule has 0 radical (unpaired) electrons. The van der Waals surface area contributed by atoms with Gasteiger partial charge in [-0.1, -0.05) is 0 Å². The second kappa shape index (κ2) is 7.86. The lowest BCUT2D eigenvalue weighted by atomic mass is 10.1. The number of nitriles is 1. The minimum atomic E-state index is 0.487. The third-order valence-corrected chi connectivity index (χ3v) is 5.05. The number of allylic oxidation sites excluding steroid dienone is 1. The van der Waals surface area contributed by atoms with Crippen LogP contribution in [0.2, 0.25) is 0 Å². The number of rotatable bonds is 5. The summed E-state index contributed by atoms with van der Waals surface area (Å²) in [6.45, 7) is 0. The molecule has 28 heavy (non-hydrogen) atoms. The lowest BCUT2D eigenvalue weighted by Crippen LogP contribution is -1.86. The molecule has 4 rings (SSSR count). The van der Waals surface area contributed by atoms with Crippen LogP contribution in [0.3, 0.4) is 0 Å². The van der Waals surface area contributed by atoms with Crippen molar-refractivity contribution in [2.75, 3.05) is 7.11 Å². The number of pyridine rings is 1. The van der Waals surface area contributed by atoms with Crippen LogP contribution in [-0.4, -0.2) is 27.3 Å². The molecule has 0 saturated carbocycles. The van der Waals surface area contributed by atoms with Crippen molar-refractivity contribution in [3.8, 4) is 34.3 Å². The number of hydrogen-bond donors (Lipinski definition) is 1. The Morgan fingerprint density at radius 3 is 2.64 bits per heavy atom. The summed E-state index contributed by atoms with van der Waals surface area (Å²) >= 11 is 1.44.